The molecule has 0 amide bonds. The van der Waals surface area contributed by atoms with Crippen LogP contribution in [0.15, 0.2) is 96.4 Å². The van der Waals surface area contributed by atoms with Gasteiger partial charge in [0, 0.05) is 37.6 Å². The van der Waals surface area contributed by atoms with Crippen LogP contribution in [-0.4, -0.2) is 65.7 Å². The summed E-state index contributed by atoms with van der Waals surface area (Å²) in [4.78, 5) is 26.5. The van der Waals surface area contributed by atoms with Gasteiger partial charge in [-0.05, 0) is 84.8 Å². The van der Waals surface area contributed by atoms with Gasteiger partial charge in [0.05, 0.1) is 45.2 Å². The lowest BCUT2D eigenvalue weighted by atomic mass is 9.95. The van der Waals surface area contributed by atoms with Gasteiger partial charge in [-0.1, -0.05) is 48.2 Å². The van der Waals surface area contributed by atoms with E-state index in [1.165, 1.54) is 14.2 Å². The molecule has 342 valence electrons. The minimum atomic E-state index is -5.13. The van der Waals surface area contributed by atoms with Crippen LogP contribution in [0.1, 0.15) is 46.5 Å². The zero-order valence-electron chi connectivity index (χ0n) is 36.8. The number of aromatic nitrogens is 5. The third kappa shape index (κ3) is 9.27. The van der Waals surface area contributed by atoms with E-state index >= 15 is 22.0 Å². The largest absolute Gasteiger partial charge is 0.497 e. The van der Waals surface area contributed by atoms with Crippen LogP contribution < -0.4 is 34.1 Å². The fourth-order valence-corrected chi connectivity index (χ4v) is 8.32. The van der Waals surface area contributed by atoms with Gasteiger partial charge in [-0.2, -0.15) is 13.2 Å². The molecule has 0 aliphatic carbocycles. The molecule has 0 saturated heterocycles. The Morgan fingerprint density at radius 2 is 1.38 bits per heavy atom. The Balaban J connectivity index is 1.25. The summed E-state index contributed by atoms with van der Waals surface area (Å²) in [5, 5.41) is 3.57. The molecular weight excluding hydrogens is 880 g/mol. The van der Waals surface area contributed by atoms with Gasteiger partial charge in [0.1, 0.15) is 63.6 Å². The van der Waals surface area contributed by atoms with Crippen molar-refractivity contribution in [3.05, 3.63) is 136 Å². The monoisotopic (exact) mass is 924 g/mol. The van der Waals surface area contributed by atoms with Gasteiger partial charge in [-0.25, -0.2) is 28.7 Å². The van der Waals surface area contributed by atoms with Crippen LogP contribution in [0.25, 0.3) is 22.2 Å². The van der Waals surface area contributed by atoms with Crippen LogP contribution >= 0.6 is 11.8 Å². The number of anilines is 3. The lowest BCUT2D eigenvalue weighted by Crippen LogP contribution is -2.32. The molecule has 1 aliphatic rings. The summed E-state index contributed by atoms with van der Waals surface area (Å²) in [6, 6.07) is 22.1. The number of benzene rings is 4. The summed E-state index contributed by atoms with van der Waals surface area (Å²) in [5.74, 6) is 0.176. The number of alkyl halides is 3. The first-order chi connectivity index (χ1) is 31.8. The van der Waals surface area contributed by atoms with Crippen molar-refractivity contribution in [1.29, 1.82) is 0 Å². The molecule has 1 aliphatic heterocycles. The second kappa shape index (κ2) is 19.3. The molecular formula is C48H45F5N8O4S. The summed E-state index contributed by atoms with van der Waals surface area (Å²) in [5.41, 5.74) is -1.08. The van der Waals surface area contributed by atoms with Gasteiger partial charge in [0.2, 0.25) is 5.88 Å². The minimum absolute atomic E-state index is 0.0192. The molecule has 1 atom stereocenters. The van der Waals surface area contributed by atoms with Crippen molar-refractivity contribution in [2.75, 3.05) is 55.9 Å². The van der Waals surface area contributed by atoms with Crippen LogP contribution in [0.3, 0.4) is 0 Å². The number of pyridine rings is 1. The number of methoxy groups -OCH3 is 3. The predicted molar refractivity (Wildman–Crippen MR) is 244 cm³/mol. The van der Waals surface area contributed by atoms with E-state index in [0.717, 1.165) is 36.1 Å². The van der Waals surface area contributed by atoms with Crippen molar-refractivity contribution < 1.29 is 40.9 Å². The Kier molecular flexibility index (Phi) is 13.3. The average Bonchev–Trinajstić information content (AvgIpc) is 3.52. The van der Waals surface area contributed by atoms with E-state index < -0.39 is 46.2 Å². The highest BCUT2D eigenvalue weighted by Crippen LogP contribution is 2.47. The zero-order valence-corrected chi connectivity index (χ0v) is 37.7. The van der Waals surface area contributed by atoms with Crippen molar-refractivity contribution in [1.82, 2.24) is 24.9 Å². The summed E-state index contributed by atoms with van der Waals surface area (Å²) in [7, 11) is 4.65. The van der Waals surface area contributed by atoms with E-state index in [-0.39, 0.29) is 59.7 Å². The second-order valence-electron chi connectivity index (χ2n) is 15.4. The maximum absolute atomic E-state index is 17.5. The van der Waals surface area contributed by atoms with Crippen molar-refractivity contribution in [3.8, 4) is 34.4 Å². The van der Waals surface area contributed by atoms with E-state index in [4.69, 9.17) is 23.9 Å². The number of rotatable bonds is 15. The number of hydrogen-bond acceptors (Lipinski definition) is 13. The number of nitrogens with zero attached hydrogens (tertiary/aromatic N) is 7. The standard InChI is InChI=1S/C48H45F5N8O4S/c1-27-38(48(51,52)53)35(23-36(39(27)49)60(25-30-9-15-33(63-4)16-10-30)26-31-11-17-34(64-5)18-12-31)42-40(50)43-37-45(59-47(58-43)66-6)61(21-22-65-46(37)57-42)28(2)41-44(55-20-19-54-41)56-24-29-7-13-32(62-3)14-8-29/h7-20,23,28H,21-22,24-26H2,1-6H3,(H,55,56)/t28-/m1/s1. The second-order valence-corrected chi connectivity index (χ2v) is 16.1. The molecule has 4 aromatic carbocycles. The molecule has 7 aromatic rings. The first kappa shape index (κ1) is 45.6. The first-order valence-electron chi connectivity index (χ1n) is 20.8. The lowest BCUT2D eigenvalue weighted by Gasteiger charge is -2.30. The molecule has 18 heteroatoms. The van der Waals surface area contributed by atoms with Crippen molar-refractivity contribution in [2.45, 2.75) is 50.9 Å². The summed E-state index contributed by atoms with van der Waals surface area (Å²) >= 11 is 1.13. The SMILES string of the molecule is COc1ccc(CNc2nccnc2[C@@H](C)N2CCOc3nc(-c4cc(N(Cc5ccc(OC)cc5)Cc5ccc(OC)cc5)c(F)c(C)c4C(F)(F)F)c(F)c4nc(SC)nc2c34)cc1. The molecule has 12 nitrogen and oxygen atoms in total. The number of thioether (sulfide) groups is 1. The average molecular weight is 925 g/mol. The molecule has 0 fully saturated rings. The van der Waals surface area contributed by atoms with E-state index in [2.05, 4.69) is 25.3 Å². The smallest absolute Gasteiger partial charge is 0.417 e. The third-order valence-corrected chi connectivity index (χ3v) is 11.9. The molecule has 0 bridgehead atoms. The maximum Gasteiger partial charge on any atom is 0.417 e. The maximum atomic E-state index is 17.5. The fraction of sp³-hybridized carbons (Fsp3) is 0.271. The molecule has 0 unspecified atom stereocenters. The molecule has 66 heavy (non-hydrogen) atoms. The number of nitrogens with one attached hydrogen (secondary N) is 1. The van der Waals surface area contributed by atoms with E-state index in [1.807, 2.05) is 36.1 Å². The molecule has 3 aromatic heterocycles. The Morgan fingerprint density at radius 1 is 0.803 bits per heavy atom. The van der Waals surface area contributed by atoms with Crippen molar-refractivity contribution >= 4 is 40.0 Å². The van der Waals surface area contributed by atoms with Gasteiger partial charge >= 0.3 is 6.18 Å². The molecule has 0 radical (unpaired) electrons. The highest BCUT2D eigenvalue weighted by Gasteiger charge is 2.40. The Bertz CT molecular complexity index is 2810. The summed E-state index contributed by atoms with van der Waals surface area (Å²) in [6.45, 7) is 3.65. The molecule has 8 rings (SSSR count). The molecule has 1 N–H and O–H groups in total. The van der Waals surface area contributed by atoms with Gasteiger partial charge in [-0.15, -0.1) is 0 Å². The van der Waals surface area contributed by atoms with Crippen LogP contribution in [0.5, 0.6) is 23.1 Å². The summed E-state index contributed by atoms with van der Waals surface area (Å²) in [6.07, 6.45) is -0.290. The fourth-order valence-electron chi connectivity index (χ4n) is 7.96. The number of ether oxygens (including phenoxy) is 4. The Labute approximate surface area is 382 Å². The normalized spacial score (nSPS) is 12.9. The highest BCUT2D eigenvalue weighted by atomic mass is 32.2. The predicted octanol–water partition coefficient (Wildman–Crippen LogP) is 10.6. The highest BCUT2D eigenvalue weighted by molar-refractivity contribution is 7.98. The van der Waals surface area contributed by atoms with E-state index in [1.54, 1.807) is 79.2 Å². The van der Waals surface area contributed by atoms with Crippen LogP contribution in [0.2, 0.25) is 0 Å². The Morgan fingerprint density at radius 3 is 1.94 bits per heavy atom. The zero-order chi connectivity index (χ0) is 46.7. The lowest BCUT2D eigenvalue weighted by molar-refractivity contribution is -0.137. The minimum Gasteiger partial charge on any atom is -0.497 e. The van der Waals surface area contributed by atoms with E-state index in [0.29, 0.717) is 40.7 Å². The number of halogens is 5. The van der Waals surface area contributed by atoms with Gasteiger partial charge in [0.15, 0.2) is 11.0 Å². The van der Waals surface area contributed by atoms with Gasteiger partial charge < -0.3 is 34.1 Å². The van der Waals surface area contributed by atoms with Crippen LogP contribution in [0.4, 0.5) is 39.3 Å². The Hall–Kier alpha value is -6.95. The quantitative estimate of drug-likeness (QED) is 0.0597. The summed E-state index contributed by atoms with van der Waals surface area (Å²) < 4.78 is 102. The topological polar surface area (TPSA) is 120 Å². The molecule has 4 heterocycles. The van der Waals surface area contributed by atoms with Gasteiger partial charge in [-0.3, -0.25) is 4.98 Å². The van der Waals surface area contributed by atoms with Crippen LogP contribution in [-0.2, 0) is 25.8 Å². The first-order valence-corrected chi connectivity index (χ1v) is 22.0. The van der Waals surface area contributed by atoms with E-state index in [9.17, 15) is 0 Å². The molecule has 0 saturated carbocycles. The van der Waals surface area contributed by atoms with Crippen LogP contribution in [0, 0.1) is 18.6 Å². The van der Waals surface area contributed by atoms with Crippen molar-refractivity contribution in [3.63, 3.8) is 0 Å². The number of hydrogen-bond donors (Lipinski definition) is 1. The van der Waals surface area contributed by atoms with Crippen molar-refractivity contribution in [2.24, 2.45) is 0 Å². The van der Waals surface area contributed by atoms with Gasteiger partial charge in [0.25, 0.3) is 0 Å². The third-order valence-electron chi connectivity index (χ3n) is 11.4. The molecule has 0 spiro atoms.